The first-order valence-corrected chi connectivity index (χ1v) is 7.16. The summed E-state index contributed by atoms with van der Waals surface area (Å²) in [6, 6.07) is 0.346. The standard InChI is InChI=1S/C14H21N5O/c1-8-9(2)17-18-14(12(8)13(15)16)19-6-7-20-11-5-3-4-10(11)19/h10-11H,3-7H2,1-2H3,(H3,15,16). The molecule has 3 rings (SSSR count). The van der Waals surface area contributed by atoms with Crippen LogP contribution in [0.1, 0.15) is 36.1 Å². The Morgan fingerprint density at radius 2 is 2.15 bits per heavy atom. The first-order chi connectivity index (χ1) is 9.59. The summed E-state index contributed by atoms with van der Waals surface area (Å²) in [7, 11) is 0. The molecular formula is C14H21N5O. The smallest absolute Gasteiger partial charge is 0.162 e. The van der Waals surface area contributed by atoms with E-state index in [9.17, 15) is 0 Å². The minimum absolute atomic E-state index is 0.0662. The highest BCUT2D eigenvalue weighted by Crippen LogP contribution is 2.34. The van der Waals surface area contributed by atoms with Gasteiger partial charge in [-0.05, 0) is 38.7 Å². The molecule has 2 unspecified atom stereocenters. The molecule has 1 aliphatic heterocycles. The van der Waals surface area contributed by atoms with Gasteiger partial charge in [-0.3, -0.25) is 5.41 Å². The second kappa shape index (κ2) is 5.01. The molecule has 3 N–H and O–H groups in total. The molecule has 6 nitrogen and oxygen atoms in total. The summed E-state index contributed by atoms with van der Waals surface area (Å²) in [5.74, 6) is 0.817. The fourth-order valence-corrected chi connectivity index (χ4v) is 3.31. The van der Waals surface area contributed by atoms with Gasteiger partial charge >= 0.3 is 0 Å². The number of fused-ring (bicyclic) bond motifs is 1. The van der Waals surface area contributed by atoms with Crippen LogP contribution in [0.15, 0.2) is 0 Å². The Bertz CT molecular complexity index is 545. The van der Waals surface area contributed by atoms with Crippen molar-refractivity contribution in [1.82, 2.24) is 10.2 Å². The van der Waals surface area contributed by atoms with Crippen LogP contribution >= 0.6 is 0 Å². The highest BCUT2D eigenvalue weighted by Gasteiger charge is 2.38. The zero-order chi connectivity index (χ0) is 14.3. The maximum atomic E-state index is 7.87. The lowest BCUT2D eigenvalue weighted by Gasteiger charge is -2.39. The minimum Gasteiger partial charge on any atom is -0.384 e. The van der Waals surface area contributed by atoms with Crippen molar-refractivity contribution in [3.8, 4) is 0 Å². The molecule has 0 bridgehead atoms. The Morgan fingerprint density at radius 3 is 2.90 bits per heavy atom. The number of hydrogen-bond donors (Lipinski definition) is 2. The van der Waals surface area contributed by atoms with Crippen LogP contribution in [0.25, 0.3) is 0 Å². The molecule has 2 atom stereocenters. The van der Waals surface area contributed by atoms with Gasteiger partial charge in [0, 0.05) is 6.54 Å². The summed E-state index contributed by atoms with van der Waals surface area (Å²) >= 11 is 0. The predicted octanol–water partition coefficient (Wildman–Crippen LogP) is 1.14. The molecule has 6 heteroatoms. The topological polar surface area (TPSA) is 88.1 Å². The summed E-state index contributed by atoms with van der Waals surface area (Å²) in [6.45, 7) is 5.35. The van der Waals surface area contributed by atoms with Gasteiger partial charge in [0.25, 0.3) is 0 Å². The molecule has 1 aromatic heterocycles. The molecule has 2 fully saturated rings. The number of nitrogens with one attached hydrogen (secondary N) is 1. The van der Waals surface area contributed by atoms with Gasteiger partial charge in [0.05, 0.1) is 30.0 Å². The van der Waals surface area contributed by atoms with Crippen molar-refractivity contribution in [1.29, 1.82) is 5.41 Å². The summed E-state index contributed by atoms with van der Waals surface area (Å²) in [6.07, 6.45) is 3.68. The first-order valence-electron chi connectivity index (χ1n) is 7.16. The van der Waals surface area contributed by atoms with E-state index in [4.69, 9.17) is 15.9 Å². The number of nitrogens with zero attached hydrogens (tertiary/aromatic N) is 3. The largest absolute Gasteiger partial charge is 0.384 e. The molecule has 0 spiro atoms. The summed E-state index contributed by atoms with van der Waals surface area (Å²) in [5, 5.41) is 16.4. The third kappa shape index (κ3) is 2.04. The number of aromatic nitrogens is 2. The fraction of sp³-hybridized carbons (Fsp3) is 0.643. The number of ether oxygens (including phenoxy) is 1. The van der Waals surface area contributed by atoms with Crippen LogP contribution < -0.4 is 10.6 Å². The van der Waals surface area contributed by atoms with Crippen molar-refractivity contribution in [3.63, 3.8) is 0 Å². The predicted molar refractivity (Wildman–Crippen MR) is 77.2 cm³/mol. The number of nitrogen functional groups attached to an aromatic ring is 1. The Kier molecular flexibility index (Phi) is 3.33. The molecule has 108 valence electrons. The maximum Gasteiger partial charge on any atom is 0.162 e. The van der Waals surface area contributed by atoms with E-state index in [0.717, 1.165) is 42.0 Å². The lowest BCUT2D eigenvalue weighted by molar-refractivity contribution is 0.0252. The third-order valence-electron chi connectivity index (χ3n) is 4.46. The second-order valence-corrected chi connectivity index (χ2v) is 5.62. The van der Waals surface area contributed by atoms with Gasteiger partial charge in [0.15, 0.2) is 5.82 Å². The summed E-state index contributed by atoms with van der Waals surface area (Å²) in [5.41, 5.74) is 8.29. The molecule has 2 heterocycles. The molecule has 0 radical (unpaired) electrons. The average Bonchev–Trinajstić information content (AvgIpc) is 2.89. The number of amidine groups is 1. The van der Waals surface area contributed by atoms with E-state index in [1.165, 1.54) is 6.42 Å². The van der Waals surface area contributed by atoms with E-state index in [0.29, 0.717) is 12.6 Å². The number of nitrogens with two attached hydrogens (primary N) is 1. The molecule has 1 saturated heterocycles. The van der Waals surface area contributed by atoms with Gasteiger partial charge in [-0.2, -0.15) is 5.10 Å². The summed E-state index contributed by atoms with van der Waals surface area (Å²) < 4.78 is 5.83. The number of hydrogen-bond acceptors (Lipinski definition) is 5. The minimum atomic E-state index is 0.0662. The van der Waals surface area contributed by atoms with E-state index in [1.807, 2.05) is 13.8 Å². The normalized spacial score (nSPS) is 25.6. The van der Waals surface area contributed by atoms with Crippen molar-refractivity contribution in [2.45, 2.75) is 45.3 Å². The van der Waals surface area contributed by atoms with Crippen LogP contribution in [0, 0.1) is 19.3 Å². The van der Waals surface area contributed by atoms with Gasteiger partial charge in [-0.15, -0.1) is 5.10 Å². The van der Waals surface area contributed by atoms with Crippen LogP contribution in [0.5, 0.6) is 0 Å². The van der Waals surface area contributed by atoms with E-state index < -0.39 is 0 Å². The maximum absolute atomic E-state index is 7.87. The number of rotatable bonds is 2. The lowest BCUT2D eigenvalue weighted by Crippen LogP contribution is -2.49. The molecule has 2 aliphatic rings. The third-order valence-corrected chi connectivity index (χ3v) is 4.46. The molecule has 1 aliphatic carbocycles. The summed E-state index contributed by atoms with van der Waals surface area (Å²) in [4.78, 5) is 2.25. The van der Waals surface area contributed by atoms with E-state index in [-0.39, 0.29) is 11.9 Å². The van der Waals surface area contributed by atoms with Gasteiger partial charge in [0.2, 0.25) is 0 Å². The Hall–Kier alpha value is -1.69. The van der Waals surface area contributed by atoms with Crippen LogP contribution in [0.3, 0.4) is 0 Å². The van der Waals surface area contributed by atoms with Crippen molar-refractivity contribution in [2.75, 3.05) is 18.1 Å². The molecule has 0 amide bonds. The highest BCUT2D eigenvalue weighted by molar-refractivity contribution is 6.01. The van der Waals surface area contributed by atoms with Crippen molar-refractivity contribution in [3.05, 3.63) is 16.8 Å². The fourth-order valence-electron chi connectivity index (χ4n) is 3.31. The van der Waals surface area contributed by atoms with Crippen LogP contribution in [-0.2, 0) is 4.74 Å². The van der Waals surface area contributed by atoms with Crippen LogP contribution in [-0.4, -0.2) is 41.3 Å². The quantitative estimate of drug-likeness (QED) is 0.624. The Balaban J connectivity index is 2.05. The van der Waals surface area contributed by atoms with E-state index in [2.05, 4.69) is 15.1 Å². The van der Waals surface area contributed by atoms with Crippen molar-refractivity contribution in [2.24, 2.45) is 5.73 Å². The second-order valence-electron chi connectivity index (χ2n) is 5.62. The molecule has 1 saturated carbocycles. The first kappa shape index (κ1) is 13.3. The number of aryl methyl sites for hydroxylation is 1. The Labute approximate surface area is 118 Å². The number of anilines is 1. The van der Waals surface area contributed by atoms with Gasteiger partial charge in [0.1, 0.15) is 5.84 Å². The van der Waals surface area contributed by atoms with Gasteiger partial charge < -0.3 is 15.4 Å². The van der Waals surface area contributed by atoms with E-state index in [1.54, 1.807) is 0 Å². The van der Waals surface area contributed by atoms with Crippen LogP contribution in [0.4, 0.5) is 5.82 Å². The van der Waals surface area contributed by atoms with Gasteiger partial charge in [-0.25, -0.2) is 0 Å². The molecule has 1 aromatic rings. The van der Waals surface area contributed by atoms with Crippen molar-refractivity contribution >= 4 is 11.7 Å². The SMILES string of the molecule is Cc1nnc(N2CCOC3CCCC32)c(C(=N)N)c1C. The zero-order valence-electron chi connectivity index (χ0n) is 12.0. The molecular weight excluding hydrogens is 254 g/mol. The average molecular weight is 275 g/mol. The van der Waals surface area contributed by atoms with Gasteiger partial charge in [-0.1, -0.05) is 0 Å². The number of morpholine rings is 1. The van der Waals surface area contributed by atoms with E-state index >= 15 is 0 Å². The highest BCUT2D eigenvalue weighted by atomic mass is 16.5. The monoisotopic (exact) mass is 275 g/mol. The van der Waals surface area contributed by atoms with Crippen molar-refractivity contribution < 1.29 is 4.74 Å². The zero-order valence-corrected chi connectivity index (χ0v) is 12.0. The Morgan fingerprint density at radius 1 is 1.35 bits per heavy atom. The molecule has 20 heavy (non-hydrogen) atoms. The lowest BCUT2D eigenvalue weighted by atomic mass is 10.0. The van der Waals surface area contributed by atoms with Crippen LogP contribution in [0.2, 0.25) is 0 Å². The molecule has 0 aromatic carbocycles.